The highest BCUT2D eigenvalue weighted by Gasteiger charge is 2.17. The maximum Gasteiger partial charge on any atom is 0.433 e. The Balaban J connectivity index is 2.07. The van der Waals surface area contributed by atoms with Crippen LogP contribution in [0.4, 0.5) is 11.6 Å². The molecule has 9 nitrogen and oxygen atoms in total. The summed E-state index contributed by atoms with van der Waals surface area (Å²) in [6.07, 6.45) is 1.66. The molecular weight excluding hydrogens is 372 g/mol. The van der Waals surface area contributed by atoms with E-state index in [0.29, 0.717) is 17.0 Å². The number of amides is 2. The van der Waals surface area contributed by atoms with Gasteiger partial charge in [-0.2, -0.15) is 4.99 Å². The van der Waals surface area contributed by atoms with Crippen LogP contribution in [-0.2, 0) is 11.3 Å². The fraction of sp³-hybridized carbons (Fsp3) is 0.118. The smallest absolute Gasteiger partial charge is 0.395 e. The zero-order valence-electron chi connectivity index (χ0n) is 14.2. The fourth-order valence-corrected chi connectivity index (χ4v) is 3.50. The molecule has 27 heavy (non-hydrogen) atoms. The molecule has 0 spiro atoms. The van der Waals surface area contributed by atoms with Gasteiger partial charge >= 0.3 is 11.8 Å². The fourth-order valence-electron chi connectivity index (χ4n) is 2.43. The van der Waals surface area contributed by atoms with E-state index in [4.69, 9.17) is 4.42 Å². The lowest BCUT2D eigenvalue weighted by atomic mass is 10.3. The number of carbonyl (C=O) groups excluding carboxylic acids is 2. The highest BCUT2D eigenvalue weighted by molar-refractivity contribution is 7.16. The molecule has 0 bridgehead atoms. The average Bonchev–Trinajstić information content (AvgIpc) is 3.20. The largest absolute Gasteiger partial charge is 0.433 e. The molecule has 3 aromatic rings. The number of allylic oxidation sites excluding steroid dienone is 1. The predicted octanol–water partition coefficient (Wildman–Crippen LogP) is 3.09. The number of rotatable bonds is 5. The number of nitro groups is 1. The van der Waals surface area contributed by atoms with Gasteiger partial charge in [-0.3, -0.25) is 19.7 Å². The molecule has 1 aromatic carbocycles. The van der Waals surface area contributed by atoms with Crippen LogP contribution in [0.25, 0.3) is 10.2 Å². The Morgan fingerprint density at radius 3 is 2.81 bits per heavy atom. The second kappa shape index (κ2) is 7.38. The summed E-state index contributed by atoms with van der Waals surface area (Å²) in [6.45, 7) is 5.53. The van der Waals surface area contributed by atoms with Gasteiger partial charge in [0.25, 0.3) is 0 Å². The molecule has 3 rings (SSSR count). The SMILES string of the molecule is C=CCn1c(=NC(=O)c2ccc([N+](=O)[O-])o2)sc2cc(NC(C)=O)ccc21. The van der Waals surface area contributed by atoms with Crippen molar-refractivity contribution in [3.8, 4) is 0 Å². The van der Waals surface area contributed by atoms with Gasteiger partial charge in [-0.1, -0.05) is 17.4 Å². The van der Waals surface area contributed by atoms with Crippen LogP contribution in [0.15, 0.2) is 52.4 Å². The molecule has 0 atom stereocenters. The van der Waals surface area contributed by atoms with Crippen molar-refractivity contribution in [2.24, 2.45) is 4.99 Å². The molecule has 1 N–H and O–H groups in total. The highest BCUT2D eigenvalue weighted by atomic mass is 32.1. The topological polar surface area (TPSA) is 120 Å². The van der Waals surface area contributed by atoms with Crippen molar-refractivity contribution in [2.75, 3.05) is 5.32 Å². The average molecular weight is 386 g/mol. The molecule has 0 fully saturated rings. The van der Waals surface area contributed by atoms with Gasteiger partial charge in [-0.25, -0.2) is 0 Å². The molecule has 0 aliphatic heterocycles. The van der Waals surface area contributed by atoms with Crippen LogP contribution in [0.3, 0.4) is 0 Å². The lowest BCUT2D eigenvalue weighted by molar-refractivity contribution is -0.402. The lowest BCUT2D eigenvalue weighted by Gasteiger charge is -2.03. The third-order valence-electron chi connectivity index (χ3n) is 3.49. The highest BCUT2D eigenvalue weighted by Crippen LogP contribution is 2.22. The molecule has 2 aromatic heterocycles. The van der Waals surface area contributed by atoms with Gasteiger partial charge in [0.1, 0.15) is 4.92 Å². The minimum absolute atomic E-state index is 0.190. The zero-order chi connectivity index (χ0) is 19.6. The minimum Gasteiger partial charge on any atom is -0.395 e. The summed E-state index contributed by atoms with van der Waals surface area (Å²) < 4.78 is 7.48. The van der Waals surface area contributed by atoms with Crippen LogP contribution >= 0.6 is 11.3 Å². The molecule has 2 heterocycles. The quantitative estimate of drug-likeness (QED) is 0.410. The molecule has 0 aliphatic rings. The normalized spacial score (nSPS) is 11.5. The first-order valence-corrected chi connectivity index (χ1v) is 8.56. The third kappa shape index (κ3) is 3.85. The number of fused-ring (bicyclic) bond motifs is 1. The van der Waals surface area contributed by atoms with Crippen molar-refractivity contribution >= 4 is 44.9 Å². The Labute approximate surface area is 156 Å². The van der Waals surface area contributed by atoms with Crippen LogP contribution in [0.2, 0.25) is 0 Å². The second-order valence-corrected chi connectivity index (χ2v) is 6.47. The molecule has 0 aliphatic carbocycles. The maximum absolute atomic E-state index is 12.3. The van der Waals surface area contributed by atoms with Crippen LogP contribution in [-0.4, -0.2) is 21.3 Å². The number of anilines is 1. The molecule has 2 amide bonds. The number of hydrogen-bond donors (Lipinski definition) is 1. The van der Waals surface area contributed by atoms with Crippen molar-refractivity contribution in [3.63, 3.8) is 0 Å². The van der Waals surface area contributed by atoms with Gasteiger partial charge in [0, 0.05) is 19.2 Å². The summed E-state index contributed by atoms with van der Waals surface area (Å²) in [5, 5.41) is 13.4. The van der Waals surface area contributed by atoms with Gasteiger partial charge in [0.15, 0.2) is 4.80 Å². The number of nitrogens with zero attached hydrogens (tertiary/aromatic N) is 3. The Morgan fingerprint density at radius 1 is 1.41 bits per heavy atom. The van der Waals surface area contributed by atoms with Crippen LogP contribution < -0.4 is 10.1 Å². The van der Waals surface area contributed by atoms with Crippen molar-refractivity contribution in [2.45, 2.75) is 13.5 Å². The number of hydrogen-bond acceptors (Lipinski definition) is 6. The zero-order valence-corrected chi connectivity index (χ0v) is 15.0. The van der Waals surface area contributed by atoms with E-state index in [1.807, 2.05) is 6.07 Å². The maximum atomic E-state index is 12.3. The number of furan rings is 1. The van der Waals surface area contributed by atoms with Crippen molar-refractivity contribution in [1.29, 1.82) is 0 Å². The second-order valence-electron chi connectivity index (χ2n) is 5.46. The Morgan fingerprint density at radius 2 is 2.19 bits per heavy atom. The summed E-state index contributed by atoms with van der Waals surface area (Å²) in [5.74, 6) is -1.66. The first-order valence-electron chi connectivity index (χ1n) is 7.74. The minimum atomic E-state index is -0.727. The molecule has 0 unspecified atom stereocenters. The van der Waals surface area contributed by atoms with Crippen molar-refractivity contribution < 1.29 is 18.9 Å². The molecule has 0 radical (unpaired) electrons. The van der Waals surface area contributed by atoms with E-state index in [9.17, 15) is 19.7 Å². The molecule has 0 saturated heterocycles. The van der Waals surface area contributed by atoms with Crippen LogP contribution in [0.5, 0.6) is 0 Å². The first kappa shape index (κ1) is 18.3. The molecule has 0 saturated carbocycles. The van der Waals surface area contributed by atoms with Crippen molar-refractivity contribution in [3.05, 3.63) is 63.7 Å². The molecule has 10 heteroatoms. The summed E-state index contributed by atoms with van der Waals surface area (Å²) in [4.78, 5) is 37.9. The van der Waals surface area contributed by atoms with Crippen LogP contribution in [0, 0.1) is 10.1 Å². The standard InChI is InChI=1S/C17H14N4O5S/c1-3-8-20-12-5-4-11(18-10(2)22)9-14(12)27-17(20)19-16(23)13-6-7-15(26-13)21(24)25/h3-7,9H,1,8H2,2H3,(H,18,22). The van der Waals surface area contributed by atoms with Gasteiger partial charge < -0.3 is 14.3 Å². The van der Waals surface area contributed by atoms with E-state index in [1.165, 1.54) is 24.3 Å². The Kier molecular flexibility index (Phi) is 4.99. The van der Waals surface area contributed by atoms with E-state index >= 15 is 0 Å². The third-order valence-corrected chi connectivity index (χ3v) is 4.54. The first-order chi connectivity index (χ1) is 12.9. The predicted molar refractivity (Wildman–Crippen MR) is 99.6 cm³/mol. The summed E-state index contributed by atoms with van der Waals surface area (Å²) >= 11 is 1.24. The van der Waals surface area contributed by atoms with Gasteiger partial charge in [0.2, 0.25) is 11.7 Å². The van der Waals surface area contributed by atoms with Gasteiger partial charge in [-0.15, -0.1) is 6.58 Å². The number of aromatic nitrogens is 1. The monoisotopic (exact) mass is 386 g/mol. The van der Waals surface area contributed by atoms with Crippen LogP contribution in [0.1, 0.15) is 17.5 Å². The Hall–Kier alpha value is -3.53. The van der Waals surface area contributed by atoms with Crippen molar-refractivity contribution in [1.82, 2.24) is 4.57 Å². The van der Waals surface area contributed by atoms with E-state index < -0.39 is 16.7 Å². The van der Waals surface area contributed by atoms with E-state index in [2.05, 4.69) is 16.9 Å². The Bertz CT molecular complexity index is 1140. The summed E-state index contributed by atoms with van der Waals surface area (Å²) in [5.41, 5.74) is 1.44. The summed E-state index contributed by atoms with van der Waals surface area (Å²) in [7, 11) is 0. The number of benzene rings is 1. The number of carbonyl (C=O) groups is 2. The van der Waals surface area contributed by atoms with E-state index in [-0.39, 0.29) is 11.7 Å². The number of thiazole rings is 1. The van der Waals surface area contributed by atoms with Gasteiger partial charge in [-0.05, 0) is 24.3 Å². The van der Waals surface area contributed by atoms with E-state index in [0.717, 1.165) is 16.3 Å². The summed E-state index contributed by atoms with van der Waals surface area (Å²) in [6, 6.07) is 7.65. The lowest BCUT2D eigenvalue weighted by Crippen LogP contribution is -2.16. The van der Waals surface area contributed by atoms with E-state index in [1.54, 1.807) is 22.8 Å². The number of nitrogens with one attached hydrogen (secondary N) is 1. The van der Waals surface area contributed by atoms with Gasteiger partial charge in [0.05, 0.1) is 16.3 Å². The molecular formula is C17H14N4O5S. The molecule has 138 valence electrons.